The van der Waals surface area contributed by atoms with E-state index in [2.05, 4.69) is 36.5 Å². The highest BCUT2D eigenvalue weighted by Crippen LogP contribution is 2.29. The van der Waals surface area contributed by atoms with Crippen molar-refractivity contribution in [2.75, 3.05) is 0 Å². The molecule has 1 atom stereocenters. The maximum absolute atomic E-state index is 5.70. The van der Waals surface area contributed by atoms with Gasteiger partial charge in [0.25, 0.3) is 0 Å². The summed E-state index contributed by atoms with van der Waals surface area (Å²) in [4.78, 5) is 0. The fraction of sp³-hybridized carbons (Fsp3) is 0.429. The van der Waals surface area contributed by atoms with E-state index >= 15 is 0 Å². The molecule has 0 radical (unpaired) electrons. The molecule has 1 heterocycles. The largest absolute Gasteiger partial charge is 0.271 e. The third kappa shape index (κ3) is 3.39. The van der Waals surface area contributed by atoms with Gasteiger partial charge in [0.15, 0.2) is 0 Å². The SMILES string of the molecule is CC(C)(C)CC(NN)c1cnnn1-c1ccccc1. The lowest BCUT2D eigenvalue weighted by atomic mass is 9.87. The van der Waals surface area contributed by atoms with Crippen LogP contribution in [0.3, 0.4) is 0 Å². The quantitative estimate of drug-likeness (QED) is 0.652. The first-order valence-electron chi connectivity index (χ1n) is 6.43. The number of benzene rings is 1. The van der Waals surface area contributed by atoms with E-state index in [1.165, 1.54) is 0 Å². The van der Waals surface area contributed by atoms with Crippen molar-refractivity contribution < 1.29 is 0 Å². The Kier molecular flexibility index (Phi) is 3.97. The first-order chi connectivity index (χ1) is 9.01. The summed E-state index contributed by atoms with van der Waals surface area (Å²) in [6.45, 7) is 6.57. The number of rotatable bonds is 4. The second-order valence-corrected chi connectivity index (χ2v) is 5.89. The predicted molar refractivity (Wildman–Crippen MR) is 75.5 cm³/mol. The zero-order valence-corrected chi connectivity index (χ0v) is 11.7. The zero-order chi connectivity index (χ0) is 13.9. The predicted octanol–water partition coefficient (Wildman–Crippen LogP) is 2.21. The van der Waals surface area contributed by atoms with Crippen molar-refractivity contribution in [2.24, 2.45) is 11.3 Å². The summed E-state index contributed by atoms with van der Waals surface area (Å²) in [5.74, 6) is 5.70. The minimum atomic E-state index is 0.0233. The number of hydrazine groups is 1. The summed E-state index contributed by atoms with van der Waals surface area (Å²) in [5, 5.41) is 8.17. The highest BCUT2D eigenvalue weighted by molar-refractivity contribution is 5.32. The van der Waals surface area contributed by atoms with Gasteiger partial charge in [-0.05, 0) is 24.0 Å². The van der Waals surface area contributed by atoms with Crippen LogP contribution in [0.25, 0.3) is 5.69 Å². The molecule has 0 saturated heterocycles. The van der Waals surface area contributed by atoms with Gasteiger partial charge >= 0.3 is 0 Å². The molecule has 5 heteroatoms. The van der Waals surface area contributed by atoms with E-state index in [1.54, 1.807) is 6.20 Å². The minimum Gasteiger partial charge on any atom is -0.271 e. The molecule has 0 aliphatic rings. The van der Waals surface area contributed by atoms with Crippen LogP contribution in [0.5, 0.6) is 0 Å². The van der Waals surface area contributed by atoms with Crippen LogP contribution in [0.4, 0.5) is 0 Å². The van der Waals surface area contributed by atoms with Gasteiger partial charge in [0.05, 0.1) is 23.6 Å². The lowest BCUT2D eigenvalue weighted by Crippen LogP contribution is -2.32. The maximum atomic E-state index is 5.70. The van der Waals surface area contributed by atoms with Gasteiger partial charge in [-0.1, -0.05) is 44.2 Å². The maximum Gasteiger partial charge on any atom is 0.0828 e. The van der Waals surface area contributed by atoms with Crippen molar-refractivity contribution >= 4 is 0 Å². The van der Waals surface area contributed by atoms with Crippen LogP contribution < -0.4 is 11.3 Å². The van der Waals surface area contributed by atoms with Gasteiger partial charge < -0.3 is 0 Å². The van der Waals surface area contributed by atoms with Gasteiger partial charge in [-0.25, -0.2) is 4.68 Å². The summed E-state index contributed by atoms with van der Waals surface area (Å²) in [5.41, 5.74) is 5.01. The second kappa shape index (κ2) is 5.50. The number of aromatic nitrogens is 3. The van der Waals surface area contributed by atoms with Crippen molar-refractivity contribution in [3.8, 4) is 5.69 Å². The molecular formula is C14H21N5. The number of hydrogen-bond acceptors (Lipinski definition) is 4. The molecule has 2 rings (SSSR count). The number of para-hydroxylation sites is 1. The van der Waals surface area contributed by atoms with Gasteiger partial charge in [0.1, 0.15) is 0 Å². The van der Waals surface area contributed by atoms with Crippen molar-refractivity contribution in [1.82, 2.24) is 20.4 Å². The molecule has 0 aliphatic heterocycles. The van der Waals surface area contributed by atoms with E-state index in [4.69, 9.17) is 5.84 Å². The van der Waals surface area contributed by atoms with Crippen LogP contribution in [0.1, 0.15) is 38.9 Å². The minimum absolute atomic E-state index is 0.0233. The van der Waals surface area contributed by atoms with Gasteiger partial charge in [-0.3, -0.25) is 11.3 Å². The molecule has 0 fully saturated rings. The Labute approximate surface area is 113 Å². The summed E-state index contributed by atoms with van der Waals surface area (Å²) in [6.07, 6.45) is 2.67. The van der Waals surface area contributed by atoms with E-state index in [-0.39, 0.29) is 11.5 Å². The number of nitrogens with two attached hydrogens (primary N) is 1. The lowest BCUT2D eigenvalue weighted by molar-refractivity contribution is 0.307. The molecule has 0 bridgehead atoms. The molecule has 3 N–H and O–H groups in total. The van der Waals surface area contributed by atoms with E-state index < -0.39 is 0 Å². The third-order valence-corrected chi connectivity index (χ3v) is 2.95. The molecule has 0 amide bonds. The Morgan fingerprint density at radius 1 is 1.26 bits per heavy atom. The summed E-state index contributed by atoms with van der Waals surface area (Å²) in [7, 11) is 0. The molecule has 1 aromatic heterocycles. The second-order valence-electron chi connectivity index (χ2n) is 5.89. The Morgan fingerprint density at radius 2 is 1.95 bits per heavy atom. The number of nitrogens with one attached hydrogen (secondary N) is 1. The van der Waals surface area contributed by atoms with Crippen LogP contribution >= 0.6 is 0 Å². The molecule has 0 spiro atoms. The number of hydrogen-bond donors (Lipinski definition) is 2. The molecule has 0 saturated carbocycles. The first-order valence-corrected chi connectivity index (χ1v) is 6.43. The fourth-order valence-electron chi connectivity index (χ4n) is 2.11. The highest BCUT2D eigenvalue weighted by Gasteiger charge is 2.23. The summed E-state index contributed by atoms with van der Waals surface area (Å²) >= 11 is 0. The molecule has 5 nitrogen and oxygen atoms in total. The van der Waals surface area contributed by atoms with Crippen molar-refractivity contribution in [2.45, 2.75) is 33.2 Å². The van der Waals surface area contributed by atoms with Crippen LogP contribution in [-0.4, -0.2) is 15.0 Å². The van der Waals surface area contributed by atoms with Crippen molar-refractivity contribution in [1.29, 1.82) is 0 Å². The molecule has 1 aromatic carbocycles. The Hall–Kier alpha value is -1.72. The van der Waals surface area contributed by atoms with Gasteiger partial charge in [0.2, 0.25) is 0 Å². The lowest BCUT2D eigenvalue weighted by Gasteiger charge is -2.25. The topological polar surface area (TPSA) is 68.8 Å². The molecule has 2 aromatic rings. The van der Waals surface area contributed by atoms with E-state index in [0.717, 1.165) is 17.8 Å². The molecule has 19 heavy (non-hydrogen) atoms. The van der Waals surface area contributed by atoms with Crippen LogP contribution in [0.15, 0.2) is 36.5 Å². The van der Waals surface area contributed by atoms with Gasteiger partial charge in [0, 0.05) is 0 Å². The fourth-order valence-corrected chi connectivity index (χ4v) is 2.11. The monoisotopic (exact) mass is 259 g/mol. The Morgan fingerprint density at radius 3 is 2.53 bits per heavy atom. The number of nitrogens with zero attached hydrogens (tertiary/aromatic N) is 3. The summed E-state index contributed by atoms with van der Waals surface area (Å²) in [6, 6.07) is 9.97. The van der Waals surface area contributed by atoms with Crippen molar-refractivity contribution in [3.05, 3.63) is 42.2 Å². The standard InChI is InChI=1S/C14H21N5/c1-14(2,3)9-12(17-15)13-10-16-18-19(13)11-7-5-4-6-8-11/h4-8,10,12,17H,9,15H2,1-3H3. The zero-order valence-electron chi connectivity index (χ0n) is 11.7. The average molecular weight is 259 g/mol. The Balaban J connectivity index is 2.33. The molecule has 1 unspecified atom stereocenters. The van der Waals surface area contributed by atoms with Crippen LogP contribution in [0.2, 0.25) is 0 Å². The smallest absolute Gasteiger partial charge is 0.0828 e. The van der Waals surface area contributed by atoms with Crippen molar-refractivity contribution in [3.63, 3.8) is 0 Å². The third-order valence-electron chi connectivity index (χ3n) is 2.95. The molecule has 0 aliphatic carbocycles. The normalized spacial score (nSPS) is 13.5. The van der Waals surface area contributed by atoms with Crippen LogP contribution in [0, 0.1) is 5.41 Å². The highest BCUT2D eigenvalue weighted by atomic mass is 15.4. The van der Waals surface area contributed by atoms with E-state index in [0.29, 0.717) is 0 Å². The first kappa shape index (κ1) is 13.7. The Bertz CT molecular complexity index is 512. The molecule has 102 valence electrons. The van der Waals surface area contributed by atoms with Gasteiger partial charge in [-0.2, -0.15) is 0 Å². The van der Waals surface area contributed by atoms with Gasteiger partial charge in [-0.15, -0.1) is 5.10 Å². The average Bonchev–Trinajstić information content (AvgIpc) is 2.85. The van der Waals surface area contributed by atoms with Crippen LogP contribution in [-0.2, 0) is 0 Å². The van der Waals surface area contributed by atoms with E-state index in [1.807, 2.05) is 35.0 Å². The molecular weight excluding hydrogens is 238 g/mol. The van der Waals surface area contributed by atoms with E-state index in [9.17, 15) is 0 Å². The summed E-state index contributed by atoms with van der Waals surface area (Å²) < 4.78 is 1.83.